The van der Waals surface area contributed by atoms with Gasteiger partial charge in [-0.1, -0.05) is 85.0 Å². The molecule has 0 bridgehead atoms. The summed E-state index contributed by atoms with van der Waals surface area (Å²) in [6, 6.07) is 19.2. The van der Waals surface area contributed by atoms with Crippen molar-refractivity contribution in [2.75, 3.05) is 0 Å². The fourth-order valence-electron chi connectivity index (χ4n) is 4.79. The van der Waals surface area contributed by atoms with Crippen LogP contribution >= 0.6 is 0 Å². The van der Waals surface area contributed by atoms with E-state index in [0.29, 0.717) is 23.3 Å². The molecule has 0 fully saturated rings. The van der Waals surface area contributed by atoms with E-state index in [1.54, 1.807) is 78.9 Å². The summed E-state index contributed by atoms with van der Waals surface area (Å²) < 4.78 is 0. The molecule has 0 heterocycles. The molecule has 0 spiro atoms. The molecule has 0 aromatic heterocycles. The van der Waals surface area contributed by atoms with Gasteiger partial charge in [0, 0.05) is 0 Å². The van der Waals surface area contributed by atoms with Crippen molar-refractivity contribution in [2.45, 2.75) is 11.0 Å². The summed E-state index contributed by atoms with van der Waals surface area (Å²) in [5.41, 5.74) is -1.99. The number of nitrogens with two attached hydrogens (primary N) is 1. The Labute approximate surface area is 198 Å². The highest BCUT2D eigenvalue weighted by Crippen LogP contribution is 2.55. The molecular formula is C24H19N5O6. The highest BCUT2D eigenvalue weighted by molar-refractivity contribution is 5.70. The smallest absolute Gasteiger partial charge is 0.270 e. The van der Waals surface area contributed by atoms with E-state index in [9.17, 15) is 30.3 Å². The number of rotatable bonds is 7. The number of allylic oxidation sites excluding steroid dienone is 2. The Bertz CT molecular complexity index is 1300. The topological polar surface area (TPSA) is 167 Å². The average Bonchev–Trinajstić information content (AvgIpc) is 2.88. The Morgan fingerprint density at radius 2 is 1.14 bits per heavy atom. The van der Waals surface area contributed by atoms with Crippen molar-refractivity contribution in [1.82, 2.24) is 5.43 Å². The third-order valence-electron chi connectivity index (χ3n) is 6.19. The largest absolute Gasteiger partial charge is 0.288 e. The van der Waals surface area contributed by atoms with Gasteiger partial charge >= 0.3 is 0 Å². The molecule has 1 aliphatic carbocycles. The van der Waals surface area contributed by atoms with Gasteiger partial charge in [0.2, 0.25) is 0 Å². The van der Waals surface area contributed by atoms with E-state index in [1.807, 2.05) is 0 Å². The van der Waals surface area contributed by atoms with E-state index in [4.69, 9.17) is 5.84 Å². The number of non-ortho nitro benzene ring substituents is 1. The third-order valence-corrected chi connectivity index (χ3v) is 6.19. The average molecular weight is 473 g/mol. The van der Waals surface area contributed by atoms with Crippen LogP contribution in [0.15, 0.2) is 97.1 Å². The summed E-state index contributed by atoms with van der Waals surface area (Å²) in [6.07, 6.45) is 6.55. The minimum absolute atomic E-state index is 0.408. The Morgan fingerprint density at radius 1 is 0.686 bits per heavy atom. The highest BCUT2D eigenvalue weighted by atomic mass is 16.6. The molecule has 3 aromatic rings. The zero-order valence-corrected chi connectivity index (χ0v) is 18.1. The second kappa shape index (κ2) is 8.89. The van der Waals surface area contributed by atoms with E-state index in [0.717, 1.165) is 0 Å². The lowest BCUT2D eigenvalue weighted by molar-refractivity contribution is -0.404. The van der Waals surface area contributed by atoms with E-state index in [2.05, 4.69) is 5.43 Å². The normalized spacial score (nSPS) is 18.2. The van der Waals surface area contributed by atoms with E-state index < -0.39 is 48.3 Å². The van der Waals surface area contributed by atoms with Crippen molar-refractivity contribution in [1.29, 1.82) is 0 Å². The zero-order chi connectivity index (χ0) is 25.2. The Hall–Kier alpha value is -4.74. The number of nitrogens with one attached hydrogen (secondary N) is 1. The van der Waals surface area contributed by atoms with Gasteiger partial charge in [0.25, 0.3) is 17.1 Å². The fourth-order valence-corrected chi connectivity index (χ4v) is 4.79. The molecule has 0 radical (unpaired) electrons. The van der Waals surface area contributed by atoms with Gasteiger partial charge in [-0.2, -0.15) is 0 Å². The van der Waals surface area contributed by atoms with Crippen molar-refractivity contribution >= 4 is 17.1 Å². The fraction of sp³-hybridized carbons (Fsp3) is 0.0833. The maximum atomic E-state index is 12.2. The van der Waals surface area contributed by atoms with Crippen molar-refractivity contribution < 1.29 is 14.8 Å². The molecule has 3 aromatic carbocycles. The van der Waals surface area contributed by atoms with Gasteiger partial charge in [-0.15, -0.1) is 0 Å². The predicted octanol–water partition coefficient (Wildman–Crippen LogP) is 4.18. The molecule has 0 saturated carbocycles. The maximum Gasteiger partial charge on any atom is 0.288 e. The zero-order valence-electron chi connectivity index (χ0n) is 18.1. The van der Waals surface area contributed by atoms with Crippen LogP contribution in [0, 0.1) is 30.3 Å². The molecule has 11 nitrogen and oxygen atoms in total. The second-order valence-corrected chi connectivity index (χ2v) is 7.84. The van der Waals surface area contributed by atoms with Crippen molar-refractivity contribution in [3.8, 4) is 0 Å². The molecule has 11 heteroatoms. The maximum absolute atomic E-state index is 12.2. The summed E-state index contributed by atoms with van der Waals surface area (Å²) in [6.45, 7) is 0. The van der Waals surface area contributed by atoms with E-state index in [-0.39, 0.29) is 0 Å². The van der Waals surface area contributed by atoms with Gasteiger partial charge in [0.15, 0.2) is 0 Å². The summed E-state index contributed by atoms with van der Waals surface area (Å²) in [5.74, 6) is 6.14. The summed E-state index contributed by atoms with van der Waals surface area (Å²) in [7, 11) is 0. The van der Waals surface area contributed by atoms with Crippen molar-refractivity contribution in [3.05, 3.63) is 144 Å². The molecule has 176 valence electrons. The van der Waals surface area contributed by atoms with Crippen molar-refractivity contribution in [3.63, 3.8) is 0 Å². The summed E-state index contributed by atoms with van der Waals surface area (Å²) in [4.78, 5) is 33.2. The first-order valence-electron chi connectivity index (χ1n) is 10.4. The first kappa shape index (κ1) is 23.4. The van der Waals surface area contributed by atoms with Gasteiger partial charge in [-0.3, -0.25) is 36.2 Å². The van der Waals surface area contributed by atoms with Crippen molar-refractivity contribution in [2.24, 2.45) is 5.84 Å². The molecule has 1 atom stereocenters. The third kappa shape index (κ3) is 3.55. The lowest BCUT2D eigenvalue weighted by Gasteiger charge is -2.49. The van der Waals surface area contributed by atoms with Gasteiger partial charge in [0.1, 0.15) is 11.1 Å². The number of hydrazine groups is 1. The van der Waals surface area contributed by atoms with Crippen LogP contribution in [0.25, 0.3) is 0 Å². The molecule has 35 heavy (non-hydrogen) atoms. The Kier molecular flexibility index (Phi) is 5.95. The Morgan fingerprint density at radius 3 is 1.54 bits per heavy atom. The molecule has 4 rings (SSSR count). The lowest BCUT2D eigenvalue weighted by atomic mass is 9.57. The monoisotopic (exact) mass is 473 g/mol. The van der Waals surface area contributed by atoms with Crippen LogP contribution in [0.3, 0.4) is 0 Å². The van der Waals surface area contributed by atoms with E-state index in [1.165, 1.54) is 6.08 Å². The minimum atomic E-state index is -1.79. The molecule has 1 aliphatic rings. The van der Waals surface area contributed by atoms with Crippen LogP contribution in [0.2, 0.25) is 0 Å². The van der Waals surface area contributed by atoms with Gasteiger partial charge < -0.3 is 0 Å². The summed E-state index contributed by atoms with van der Waals surface area (Å²) >= 11 is 0. The van der Waals surface area contributed by atoms with Gasteiger partial charge in [-0.25, -0.2) is 5.43 Å². The van der Waals surface area contributed by atoms with E-state index >= 15 is 0 Å². The second-order valence-electron chi connectivity index (χ2n) is 7.84. The first-order valence-corrected chi connectivity index (χ1v) is 10.4. The minimum Gasteiger partial charge on any atom is -0.270 e. The standard InChI is InChI=1S/C24H19N5O6/c25-26-24(22-20(28(32)33)15-19(27(30)31)16-21(22)29(34)35)14-8-7-13-23(24,17-9-3-1-4-10-17)18-11-5-2-6-12-18/h1-16,26H,25H2. The van der Waals surface area contributed by atoms with Crippen LogP contribution in [-0.4, -0.2) is 14.8 Å². The number of nitro benzene ring substituents is 3. The number of benzene rings is 3. The number of nitro groups is 3. The molecular weight excluding hydrogens is 454 g/mol. The number of hydrogen-bond acceptors (Lipinski definition) is 8. The predicted molar refractivity (Wildman–Crippen MR) is 127 cm³/mol. The van der Waals surface area contributed by atoms with Crippen LogP contribution in [0.1, 0.15) is 16.7 Å². The first-order chi connectivity index (χ1) is 16.8. The molecule has 0 aliphatic heterocycles. The quantitative estimate of drug-likeness (QED) is 0.293. The lowest BCUT2D eigenvalue weighted by Crippen LogP contribution is -2.60. The number of hydrogen-bond donors (Lipinski definition) is 2. The van der Waals surface area contributed by atoms with Crippen LogP contribution in [0.5, 0.6) is 0 Å². The van der Waals surface area contributed by atoms with Gasteiger partial charge in [-0.05, 0) is 11.1 Å². The summed E-state index contributed by atoms with van der Waals surface area (Å²) in [5, 5.41) is 35.9. The van der Waals surface area contributed by atoms with Crippen LogP contribution in [0.4, 0.5) is 17.1 Å². The molecule has 0 saturated heterocycles. The van der Waals surface area contributed by atoms with Crippen LogP contribution in [-0.2, 0) is 11.0 Å². The Balaban J connectivity index is 2.24. The molecule has 0 amide bonds. The van der Waals surface area contributed by atoms with Gasteiger partial charge in [0.05, 0.1) is 32.3 Å². The number of nitrogens with zero attached hydrogens (tertiary/aromatic N) is 3. The van der Waals surface area contributed by atoms with Crippen LogP contribution < -0.4 is 11.3 Å². The highest BCUT2D eigenvalue weighted by Gasteiger charge is 2.58. The molecule has 1 unspecified atom stereocenters. The molecule has 3 N–H and O–H groups in total. The SMILES string of the molecule is NNC1(c2c([N+](=O)[O-])cc([N+](=O)[O-])cc2[N+](=O)[O-])C=CC=CC1(c1ccccc1)c1ccccc1.